The van der Waals surface area contributed by atoms with Crippen LogP contribution in [0.4, 0.5) is 0 Å². The van der Waals surface area contributed by atoms with Crippen LogP contribution in [0, 0.1) is 6.92 Å². The summed E-state index contributed by atoms with van der Waals surface area (Å²) in [6.45, 7) is 1.65. The lowest BCUT2D eigenvalue weighted by Crippen LogP contribution is -2.42. The Balaban J connectivity index is 2.79. The second kappa shape index (κ2) is 7.22. The van der Waals surface area contributed by atoms with Crippen molar-refractivity contribution < 1.29 is 24.2 Å². The molecule has 8 heteroatoms. The number of aryl methyl sites for hydroxylation is 1. The van der Waals surface area contributed by atoms with Crippen molar-refractivity contribution >= 4 is 17.8 Å². The van der Waals surface area contributed by atoms with E-state index in [2.05, 4.69) is 15.0 Å². The van der Waals surface area contributed by atoms with E-state index >= 15 is 0 Å². The van der Waals surface area contributed by atoms with Crippen LogP contribution in [0.1, 0.15) is 28.9 Å². The van der Waals surface area contributed by atoms with Gasteiger partial charge in [0.1, 0.15) is 11.6 Å². The maximum atomic E-state index is 11.9. The minimum atomic E-state index is -1.30. The van der Waals surface area contributed by atoms with Crippen LogP contribution >= 0.6 is 0 Å². The lowest BCUT2D eigenvalue weighted by atomic mass is 10.1. The molecule has 8 nitrogen and oxygen atoms in total. The second-order valence-electron chi connectivity index (χ2n) is 4.37. The topological polar surface area (TPSA) is 126 Å². The van der Waals surface area contributed by atoms with Crippen LogP contribution in [0.2, 0.25) is 0 Å². The van der Waals surface area contributed by atoms with E-state index in [1.807, 2.05) is 0 Å². The third kappa shape index (κ3) is 4.75. The van der Waals surface area contributed by atoms with Gasteiger partial charge in [0.05, 0.1) is 7.11 Å². The molecule has 114 valence electrons. The monoisotopic (exact) mass is 296 g/mol. The number of rotatable bonds is 6. The van der Waals surface area contributed by atoms with Gasteiger partial charge >= 0.3 is 11.9 Å². The molecule has 3 N–H and O–H groups in total. The summed E-state index contributed by atoms with van der Waals surface area (Å²) in [7, 11) is 1.18. The molecule has 1 rings (SSSR count). The van der Waals surface area contributed by atoms with Crippen LogP contribution in [-0.2, 0) is 14.3 Å². The number of amides is 1. The summed E-state index contributed by atoms with van der Waals surface area (Å²) < 4.78 is 4.40. The lowest BCUT2D eigenvalue weighted by Gasteiger charge is -2.13. The van der Waals surface area contributed by atoms with Crippen LogP contribution in [0.25, 0.3) is 0 Å². The molecular formula is C13H16N2O6. The van der Waals surface area contributed by atoms with E-state index in [-0.39, 0.29) is 18.4 Å². The van der Waals surface area contributed by atoms with E-state index in [1.165, 1.54) is 19.4 Å². The Morgan fingerprint density at radius 2 is 2.10 bits per heavy atom. The molecule has 1 atom stereocenters. The normalized spacial score (nSPS) is 11.5. The number of carboxylic acids is 1. The van der Waals surface area contributed by atoms with Gasteiger partial charge in [0, 0.05) is 24.4 Å². The SMILES string of the molecule is COC(=O)CC[C@@H](NC(=O)c1c[nH]c(C)cc1=O)C(=O)O. The van der Waals surface area contributed by atoms with Crippen LogP contribution < -0.4 is 10.7 Å². The number of aromatic amines is 1. The number of nitrogens with one attached hydrogen (secondary N) is 2. The first-order chi connectivity index (χ1) is 9.85. The zero-order valence-electron chi connectivity index (χ0n) is 11.6. The van der Waals surface area contributed by atoms with Crippen LogP contribution in [0.5, 0.6) is 0 Å². The summed E-state index contributed by atoms with van der Waals surface area (Å²) in [5, 5.41) is 11.2. The largest absolute Gasteiger partial charge is 0.480 e. The van der Waals surface area contributed by atoms with E-state index in [0.717, 1.165) is 0 Å². The maximum Gasteiger partial charge on any atom is 0.326 e. The van der Waals surface area contributed by atoms with E-state index in [4.69, 9.17) is 5.11 Å². The minimum Gasteiger partial charge on any atom is -0.480 e. The number of methoxy groups -OCH3 is 1. The van der Waals surface area contributed by atoms with Gasteiger partial charge in [-0.1, -0.05) is 0 Å². The fourth-order valence-corrected chi connectivity index (χ4v) is 1.61. The second-order valence-corrected chi connectivity index (χ2v) is 4.37. The molecule has 0 saturated carbocycles. The first kappa shape index (κ1) is 16.4. The van der Waals surface area contributed by atoms with Crippen LogP contribution in [0.15, 0.2) is 17.1 Å². The number of carbonyl (C=O) groups is 3. The number of hydrogen-bond acceptors (Lipinski definition) is 5. The Morgan fingerprint density at radius 1 is 1.43 bits per heavy atom. The third-order valence-electron chi connectivity index (χ3n) is 2.77. The lowest BCUT2D eigenvalue weighted by molar-refractivity contribution is -0.142. The Bertz CT molecular complexity index is 607. The fourth-order valence-electron chi connectivity index (χ4n) is 1.61. The van der Waals surface area contributed by atoms with Gasteiger partial charge in [-0.05, 0) is 13.3 Å². The highest BCUT2D eigenvalue weighted by Gasteiger charge is 2.23. The van der Waals surface area contributed by atoms with Gasteiger partial charge in [-0.3, -0.25) is 14.4 Å². The van der Waals surface area contributed by atoms with E-state index in [1.54, 1.807) is 6.92 Å². The number of carboxylic acid groups (broad SMARTS) is 1. The molecule has 0 radical (unpaired) electrons. The Kier molecular flexibility index (Phi) is 5.65. The van der Waals surface area contributed by atoms with Gasteiger partial charge in [-0.25, -0.2) is 4.79 Å². The number of aromatic nitrogens is 1. The van der Waals surface area contributed by atoms with Crippen molar-refractivity contribution in [1.82, 2.24) is 10.3 Å². The van der Waals surface area contributed by atoms with Crippen LogP contribution in [-0.4, -0.2) is 41.1 Å². The summed E-state index contributed by atoms with van der Waals surface area (Å²) in [6.07, 6.45) is 0.932. The molecule has 1 amide bonds. The van der Waals surface area contributed by atoms with Gasteiger partial charge in [0.25, 0.3) is 5.91 Å². The molecule has 0 spiro atoms. The number of carbonyl (C=O) groups excluding carboxylic acids is 2. The molecule has 1 aromatic rings. The molecule has 0 aromatic carbocycles. The molecule has 1 aromatic heterocycles. The molecule has 1 heterocycles. The number of H-pyrrole nitrogens is 1. The molecule has 0 aliphatic carbocycles. The van der Waals surface area contributed by atoms with Gasteiger partial charge in [-0.2, -0.15) is 0 Å². The fraction of sp³-hybridized carbons (Fsp3) is 0.385. The number of esters is 1. The van der Waals surface area contributed by atoms with Crippen molar-refractivity contribution in [1.29, 1.82) is 0 Å². The Hall–Kier alpha value is -2.64. The van der Waals surface area contributed by atoms with Crippen molar-refractivity contribution in [3.63, 3.8) is 0 Å². The van der Waals surface area contributed by atoms with Crippen molar-refractivity contribution in [2.24, 2.45) is 0 Å². The number of hydrogen-bond donors (Lipinski definition) is 3. The van der Waals surface area contributed by atoms with E-state index < -0.39 is 29.3 Å². The van der Waals surface area contributed by atoms with E-state index in [9.17, 15) is 19.2 Å². The standard InChI is InChI=1S/C13H16N2O6/c1-7-5-10(16)8(6-14-7)12(18)15-9(13(19)20)3-4-11(17)21-2/h5-6,9H,3-4H2,1-2H3,(H,14,16)(H,15,18)(H,19,20)/t9-/m1/s1. The van der Waals surface area contributed by atoms with Gasteiger partial charge in [0.15, 0.2) is 5.43 Å². The predicted octanol–water partition coefficient (Wildman–Crippen LogP) is -0.180. The summed E-state index contributed by atoms with van der Waals surface area (Å²) in [5.41, 5.74) is -0.122. The average molecular weight is 296 g/mol. The highest BCUT2D eigenvalue weighted by atomic mass is 16.5. The van der Waals surface area contributed by atoms with E-state index in [0.29, 0.717) is 5.69 Å². The third-order valence-corrected chi connectivity index (χ3v) is 2.77. The molecule has 21 heavy (non-hydrogen) atoms. The molecule has 0 unspecified atom stereocenters. The quantitative estimate of drug-likeness (QED) is 0.625. The number of aliphatic carboxylic acids is 1. The number of pyridine rings is 1. The molecule has 0 fully saturated rings. The van der Waals surface area contributed by atoms with Gasteiger partial charge < -0.3 is 20.1 Å². The predicted molar refractivity (Wildman–Crippen MR) is 71.9 cm³/mol. The zero-order valence-corrected chi connectivity index (χ0v) is 11.6. The molecular weight excluding hydrogens is 280 g/mol. The first-order valence-electron chi connectivity index (χ1n) is 6.15. The van der Waals surface area contributed by atoms with Crippen molar-refractivity contribution in [2.75, 3.05) is 7.11 Å². The summed E-state index contributed by atoms with van der Waals surface area (Å²) in [5.74, 6) is -2.69. The van der Waals surface area contributed by atoms with Crippen molar-refractivity contribution in [3.05, 3.63) is 33.7 Å². The molecule has 0 bridgehead atoms. The number of ether oxygens (including phenoxy) is 1. The molecule has 0 aliphatic rings. The maximum absolute atomic E-state index is 11.9. The van der Waals surface area contributed by atoms with Crippen LogP contribution in [0.3, 0.4) is 0 Å². The summed E-state index contributed by atoms with van der Waals surface area (Å²) in [4.78, 5) is 48.3. The van der Waals surface area contributed by atoms with Crippen molar-refractivity contribution in [2.45, 2.75) is 25.8 Å². The van der Waals surface area contributed by atoms with Crippen molar-refractivity contribution in [3.8, 4) is 0 Å². The highest BCUT2D eigenvalue weighted by Crippen LogP contribution is 2.01. The summed E-state index contributed by atoms with van der Waals surface area (Å²) in [6, 6.07) is -0.0450. The summed E-state index contributed by atoms with van der Waals surface area (Å²) >= 11 is 0. The Labute approximate surface area is 120 Å². The molecule has 0 aliphatic heterocycles. The highest BCUT2D eigenvalue weighted by molar-refractivity contribution is 5.96. The average Bonchev–Trinajstić information content (AvgIpc) is 2.42. The van der Waals surface area contributed by atoms with Gasteiger partial charge in [-0.15, -0.1) is 0 Å². The zero-order chi connectivity index (χ0) is 16.0. The molecule has 0 saturated heterocycles. The van der Waals surface area contributed by atoms with Gasteiger partial charge in [0.2, 0.25) is 0 Å². The smallest absolute Gasteiger partial charge is 0.326 e. The minimum absolute atomic E-state index is 0.127. The first-order valence-corrected chi connectivity index (χ1v) is 6.15. The Morgan fingerprint density at radius 3 is 2.62 bits per heavy atom.